The van der Waals surface area contributed by atoms with Crippen molar-refractivity contribution in [2.45, 2.75) is 32.6 Å². The fourth-order valence-corrected chi connectivity index (χ4v) is 3.18. The molecule has 1 amide bonds. The largest absolute Gasteiger partial charge is 0.455 e. The second-order valence-corrected chi connectivity index (χ2v) is 7.91. The number of thiazole rings is 1. The maximum Gasteiger partial charge on any atom is 0.312 e. The van der Waals surface area contributed by atoms with E-state index in [0.717, 1.165) is 4.96 Å². The second kappa shape index (κ2) is 7.29. The lowest BCUT2D eigenvalue weighted by Gasteiger charge is -2.19. The SMILES string of the molecule is CC(C)(C)c1ccc(NC(=O)COC(=O)Cc2cn3ccsc3n2)cc1. The third-order valence-corrected chi connectivity index (χ3v) is 4.64. The van der Waals surface area contributed by atoms with E-state index in [0.29, 0.717) is 11.4 Å². The van der Waals surface area contributed by atoms with Gasteiger partial charge in [-0.3, -0.25) is 14.0 Å². The maximum atomic E-state index is 11.9. The van der Waals surface area contributed by atoms with Gasteiger partial charge in [0.25, 0.3) is 5.91 Å². The smallest absolute Gasteiger partial charge is 0.312 e. The van der Waals surface area contributed by atoms with Crippen LogP contribution in [0.3, 0.4) is 0 Å². The van der Waals surface area contributed by atoms with Crippen LogP contribution in [0.25, 0.3) is 4.96 Å². The highest BCUT2D eigenvalue weighted by Gasteiger charge is 2.14. The normalized spacial score (nSPS) is 11.5. The number of esters is 1. The van der Waals surface area contributed by atoms with E-state index >= 15 is 0 Å². The van der Waals surface area contributed by atoms with E-state index in [1.165, 1.54) is 16.9 Å². The van der Waals surface area contributed by atoms with Gasteiger partial charge in [0.15, 0.2) is 11.6 Å². The number of rotatable bonds is 5. The molecule has 2 heterocycles. The Bertz CT molecular complexity index is 891. The van der Waals surface area contributed by atoms with Crippen LogP contribution >= 0.6 is 11.3 Å². The number of hydrogen-bond acceptors (Lipinski definition) is 5. The standard InChI is InChI=1S/C19H21N3O3S/c1-19(2,3)13-4-6-14(7-5-13)20-16(23)12-25-17(24)10-15-11-22-8-9-26-18(22)21-15/h4-9,11H,10,12H2,1-3H3,(H,20,23). The topological polar surface area (TPSA) is 72.7 Å². The number of nitrogens with one attached hydrogen (secondary N) is 1. The van der Waals surface area contributed by atoms with Gasteiger partial charge in [-0.05, 0) is 23.1 Å². The molecule has 0 spiro atoms. The van der Waals surface area contributed by atoms with Crippen molar-refractivity contribution in [3.63, 3.8) is 0 Å². The molecule has 0 aliphatic heterocycles. The van der Waals surface area contributed by atoms with Crippen LogP contribution in [0.5, 0.6) is 0 Å². The van der Waals surface area contributed by atoms with E-state index in [2.05, 4.69) is 31.1 Å². The summed E-state index contributed by atoms with van der Waals surface area (Å²) in [7, 11) is 0. The van der Waals surface area contributed by atoms with E-state index in [-0.39, 0.29) is 24.3 Å². The summed E-state index contributed by atoms with van der Waals surface area (Å²) in [5.41, 5.74) is 2.54. The average Bonchev–Trinajstić information content (AvgIpc) is 3.14. The van der Waals surface area contributed by atoms with Gasteiger partial charge in [-0.25, -0.2) is 4.98 Å². The zero-order valence-electron chi connectivity index (χ0n) is 15.0. The zero-order chi connectivity index (χ0) is 18.7. The van der Waals surface area contributed by atoms with Crippen molar-refractivity contribution in [3.8, 4) is 0 Å². The lowest BCUT2D eigenvalue weighted by Crippen LogP contribution is -2.21. The molecule has 0 saturated heterocycles. The van der Waals surface area contributed by atoms with Gasteiger partial charge in [-0.15, -0.1) is 11.3 Å². The lowest BCUT2D eigenvalue weighted by atomic mass is 9.87. The van der Waals surface area contributed by atoms with E-state index < -0.39 is 5.97 Å². The molecule has 0 fully saturated rings. The minimum atomic E-state index is -0.478. The molecule has 2 aromatic heterocycles. The summed E-state index contributed by atoms with van der Waals surface area (Å²) in [6.07, 6.45) is 3.70. The quantitative estimate of drug-likeness (QED) is 0.698. The van der Waals surface area contributed by atoms with E-state index in [1.54, 1.807) is 6.20 Å². The molecule has 7 heteroatoms. The zero-order valence-corrected chi connectivity index (χ0v) is 15.8. The van der Waals surface area contributed by atoms with Crippen LogP contribution in [0.15, 0.2) is 42.0 Å². The lowest BCUT2D eigenvalue weighted by molar-refractivity contribution is -0.146. The molecular weight excluding hydrogens is 350 g/mol. The van der Waals surface area contributed by atoms with Gasteiger partial charge in [0.2, 0.25) is 0 Å². The number of fused-ring (bicyclic) bond motifs is 1. The van der Waals surface area contributed by atoms with Gasteiger partial charge in [-0.2, -0.15) is 0 Å². The van der Waals surface area contributed by atoms with Gasteiger partial charge >= 0.3 is 5.97 Å². The first-order valence-electron chi connectivity index (χ1n) is 8.28. The van der Waals surface area contributed by atoms with Crippen molar-refractivity contribution in [1.82, 2.24) is 9.38 Å². The summed E-state index contributed by atoms with van der Waals surface area (Å²) >= 11 is 1.49. The van der Waals surface area contributed by atoms with Crippen LogP contribution in [-0.4, -0.2) is 27.9 Å². The molecule has 0 saturated carbocycles. The maximum absolute atomic E-state index is 11.9. The summed E-state index contributed by atoms with van der Waals surface area (Å²) in [6.45, 7) is 6.07. The first-order chi connectivity index (χ1) is 12.3. The Labute approximate surface area is 155 Å². The van der Waals surface area contributed by atoms with Crippen LogP contribution in [0.2, 0.25) is 0 Å². The van der Waals surface area contributed by atoms with Crippen LogP contribution in [0.4, 0.5) is 5.69 Å². The van der Waals surface area contributed by atoms with Crippen LogP contribution in [0, 0.1) is 0 Å². The Kier molecular flexibility index (Phi) is 5.08. The molecule has 0 radical (unpaired) electrons. The average molecular weight is 371 g/mol. The summed E-state index contributed by atoms with van der Waals surface area (Å²) in [5.74, 6) is -0.846. The number of imidazole rings is 1. The third-order valence-electron chi connectivity index (χ3n) is 3.87. The fourth-order valence-electron chi connectivity index (χ4n) is 2.46. The molecule has 1 aromatic carbocycles. The van der Waals surface area contributed by atoms with Crippen molar-refractivity contribution in [2.75, 3.05) is 11.9 Å². The Morgan fingerprint density at radius 3 is 2.62 bits per heavy atom. The number of aromatic nitrogens is 2. The van der Waals surface area contributed by atoms with Crippen LogP contribution < -0.4 is 5.32 Å². The first kappa shape index (κ1) is 18.1. The van der Waals surface area contributed by atoms with Crippen molar-refractivity contribution in [2.24, 2.45) is 0 Å². The molecule has 1 N–H and O–H groups in total. The van der Waals surface area contributed by atoms with Crippen molar-refractivity contribution in [3.05, 3.63) is 53.3 Å². The van der Waals surface area contributed by atoms with E-state index in [9.17, 15) is 9.59 Å². The number of carbonyl (C=O) groups excluding carboxylic acids is 2. The summed E-state index contributed by atoms with van der Waals surface area (Å²) < 4.78 is 6.88. The molecule has 0 aliphatic carbocycles. The molecule has 136 valence electrons. The fraction of sp³-hybridized carbons (Fsp3) is 0.316. The number of carbonyl (C=O) groups is 2. The Hall–Kier alpha value is -2.67. The van der Waals surface area contributed by atoms with Crippen molar-refractivity contribution < 1.29 is 14.3 Å². The monoisotopic (exact) mass is 371 g/mol. The number of nitrogens with zero attached hydrogens (tertiary/aromatic N) is 2. The van der Waals surface area contributed by atoms with Gasteiger partial charge < -0.3 is 10.1 Å². The third kappa shape index (κ3) is 4.49. The molecule has 6 nitrogen and oxygen atoms in total. The highest BCUT2D eigenvalue weighted by Crippen LogP contribution is 2.23. The molecule has 3 aromatic rings. The predicted octanol–water partition coefficient (Wildman–Crippen LogP) is 3.42. The number of hydrogen-bond donors (Lipinski definition) is 1. The number of anilines is 1. The molecule has 3 rings (SSSR count). The Morgan fingerprint density at radius 2 is 1.96 bits per heavy atom. The van der Waals surface area contributed by atoms with Gasteiger partial charge in [0.05, 0.1) is 12.1 Å². The molecule has 26 heavy (non-hydrogen) atoms. The summed E-state index contributed by atoms with van der Waals surface area (Å²) in [5, 5.41) is 4.64. The first-order valence-corrected chi connectivity index (χ1v) is 9.16. The van der Waals surface area contributed by atoms with Crippen LogP contribution in [0.1, 0.15) is 32.0 Å². The second-order valence-electron chi connectivity index (χ2n) is 7.04. The van der Waals surface area contributed by atoms with Crippen molar-refractivity contribution in [1.29, 1.82) is 0 Å². The highest BCUT2D eigenvalue weighted by atomic mass is 32.1. The number of amides is 1. The molecule has 0 aliphatic rings. The van der Waals surface area contributed by atoms with Gasteiger partial charge in [0, 0.05) is 23.5 Å². The molecule has 0 atom stereocenters. The Balaban J connectivity index is 1.47. The van der Waals surface area contributed by atoms with Gasteiger partial charge in [-0.1, -0.05) is 32.9 Å². The Morgan fingerprint density at radius 1 is 1.23 bits per heavy atom. The molecule has 0 bridgehead atoms. The van der Waals surface area contributed by atoms with Crippen molar-refractivity contribution >= 4 is 33.9 Å². The van der Waals surface area contributed by atoms with E-state index in [1.807, 2.05) is 40.2 Å². The molecular formula is C19H21N3O3S. The predicted molar refractivity (Wildman–Crippen MR) is 102 cm³/mol. The highest BCUT2D eigenvalue weighted by molar-refractivity contribution is 7.15. The minimum absolute atomic E-state index is 0.0436. The minimum Gasteiger partial charge on any atom is -0.455 e. The van der Waals surface area contributed by atoms with E-state index in [4.69, 9.17) is 4.74 Å². The summed E-state index contributed by atoms with van der Waals surface area (Å²) in [6, 6.07) is 7.65. The molecule has 0 unspecified atom stereocenters. The number of benzene rings is 1. The van der Waals surface area contributed by atoms with Crippen LogP contribution in [-0.2, 0) is 26.2 Å². The number of ether oxygens (including phenoxy) is 1. The summed E-state index contributed by atoms with van der Waals surface area (Å²) in [4.78, 5) is 29.0. The van der Waals surface area contributed by atoms with Gasteiger partial charge in [0.1, 0.15) is 0 Å².